The molecule has 1 aromatic carbocycles. The molecule has 0 N–H and O–H groups in total. The summed E-state index contributed by atoms with van der Waals surface area (Å²) in [6.07, 6.45) is 1.96. The van der Waals surface area contributed by atoms with E-state index in [0.29, 0.717) is 18.1 Å². The lowest BCUT2D eigenvalue weighted by Gasteiger charge is -2.35. The lowest BCUT2D eigenvalue weighted by atomic mass is 9.73. The van der Waals surface area contributed by atoms with E-state index in [2.05, 4.69) is 53.3 Å². The molecule has 31 heavy (non-hydrogen) atoms. The van der Waals surface area contributed by atoms with Crippen LogP contribution < -0.4 is 4.74 Å². The Kier molecular flexibility index (Phi) is 8.49. The average Bonchev–Trinajstić information content (AvgIpc) is 3.33. The van der Waals surface area contributed by atoms with Gasteiger partial charge in [0.25, 0.3) is 0 Å². The number of rotatable bonds is 10. The largest absolute Gasteiger partial charge is 0.492 e. The molecule has 0 amide bonds. The van der Waals surface area contributed by atoms with Gasteiger partial charge >= 0.3 is 0 Å². The lowest BCUT2D eigenvalue weighted by molar-refractivity contribution is 0.114. The van der Waals surface area contributed by atoms with Crippen molar-refractivity contribution < 1.29 is 4.74 Å². The van der Waals surface area contributed by atoms with Crippen LogP contribution in [-0.2, 0) is 5.41 Å². The Morgan fingerprint density at radius 3 is 2.42 bits per heavy atom. The highest BCUT2D eigenvalue weighted by Gasteiger charge is 2.36. The van der Waals surface area contributed by atoms with Crippen LogP contribution in [-0.4, -0.2) is 55.7 Å². The van der Waals surface area contributed by atoms with Gasteiger partial charge in [-0.1, -0.05) is 26.0 Å². The topological polar surface area (TPSA) is 63.3 Å². The first-order valence-electron chi connectivity index (χ1n) is 11.1. The number of piperazine rings is 1. The average molecular weight is 437 g/mol. The summed E-state index contributed by atoms with van der Waals surface area (Å²) in [5.74, 6) is 1.07. The Bertz CT molecular complexity index is 891. The van der Waals surface area contributed by atoms with Gasteiger partial charge in [-0.2, -0.15) is 10.5 Å². The van der Waals surface area contributed by atoms with Gasteiger partial charge in [0, 0.05) is 37.6 Å². The second kappa shape index (κ2) is 11.3. The van der Waals surface area contributed by atoms with Crippen molar-refractivity contribution in [1.29, 1.82) is 10.5 Å². The number of benzene rings is 1. The summed E-state index contributed by atoms with van der Waals surface area (Å²) < 4.78 is 5.81. The van der Waals surface area contributed by atoms with Crippen LogP contribution in [0.5, 0.6) is 5.75 Å². The first kappa shape index (κ1) is 23.3. The number of nitrogens with zero attached hydrogens (tertiary/aromatic N) is 4. The van der Waals surface area contributed by atoms with E-state index in [0.717, 1.165) is 57.9 Å². The van der Waals surface area contributed by atoms with Gasteiger partial charge in [0.2, 0.25) is 0 Å². The molecule has 0 saturated carbocycles. The summed E-state index contributed by atoms with van der Waals surface area (Å²) in [6, 6.07) is 16.3. The summed E-state index contributed by atoms with van der Waals surface area (Å²) in [5.41, 5.74) is 0.263. The Hall–Kier alpha value is -2.38. The van der Waals surface area contributed by atoms with Gasteiger partial charge in [0.05, 0.1) is 23.1 Å². The van der Waals surface area contributed by atoms with E-state index in [-0.39, 0.29) is 5.41 Å². The lowest BCUT2D eigenvalue weighted by Crippen LogP contribution is -2.47. The normalized spacial score (nSPS) is 17.1. The SMILES string of the molecule is CC(C)C(C#N)(CCCN1CCN(CCOc2cccc(C#N)c2)CC1)c1cccs1. The molecular formula is C25H32N4OS. The molecule has 1 fully saturated rings. The Morgan fingerprint density at radius 2 is 1.81 bits per heavy atom. The van der Waals surface area contributed by atoms with Crippen LogP contribution >= 0.6 is 11.3 Å². The summed E-state index contributed by atoms with van der Waals surface area (Å²) >= 11 is 1.71. The van der Waals surface area contributed by atoms with Crippen LogP contribution in [0.1, 0.15) is 37.1 Å². The van der Waals surface area contributed by atoms with E-state index in [1.807, 2.05) is 12.1 Å². The Labute approximate surface area is 190 Å². The summed E-state index contributed by atoms with van der Waals surface area (Å²) in [5, 5.41) is 21.0. The number of hydrogen-bond donors (Lipinski definition) is 0. The molecule has 1 atom stereocenters. The van der Waals surface area contributed by atoms with Crippen LogP contribution in [0.15, 0.2) is 41.8 Å². The van der Waals surface area contributed by atoms with Crippen molar-refractivity contribution in [3.05, 3.63) is 52.2 Å². The molecule has 0 spiro atoms. The molecule has 2 aromatic rings. The molecule has 164 valence electrons. The minimum Gasteiger partial charge on any atom is -0.492 e. The van der Waals surface area contributed by atoms with Gasteiger partial charge < -0.3 is 9.64 Å². The molecule has 3 rings (SSSR count). The second-order valence-electron chi connectivity index (χ2n) is 8.49. The smallest absolute Gasteiger partial charge is 0.120 e. The maximum absolute atomic E-state index is 9.99. The molecule has 0 radical (unpaired) electrons. The van der Waals surface area contributed by atoms with Gasteiger partial charge in [-0.15, -0.1) is 11.3 Å². The first-order chi connectivity index (χ1) is 15.1. The molecule has 1 aliphatic heterocycles. The van der Waals surface area contributed by atoms with E-state index in [9.17, 15) is 5.26 Å². The van der Waals surface area contributed by atoms with Crippen molar-refractivity contribution in [2.24, 2.45) is 5.92 Å². The van der Waals surface area contributed by atoms with Crippen LogP contribution in [0.4, 0.5) is 0 Å². The predicted molar refractivity (Wildman–Crippen MR) is 125 cm³/mol. The van der Waals surface area contributed by atoms with Crippen molar-refractivity contribution in [2.75, 3.05) is 45.9 Å². The maximum atomic E-state index is 9.99. The van der Waals surface area contributed by atoms with Gasteiger partial charge in [-0.05, 0) is 54.9 Å². The summed E-state index contributed by atoms with van der Waals surface area (Å²) in [6.45, 7) is 11.1. The molecule has 0 bridgehead atoms. The van der Waals surface area contributed by atoms with E-state index in [4.69, 9.17) is 10.00 Å². The summed E-state index contributed by atoms with van der Waals surface area (Å²) in [7, 11) is 0. The molecule has 2 heterocycles. The van der Waals surface area contributed by atoms with E-state index in [1.54, 1.807) is 23.5 Å². The van der Waals surface area contributed by atoms with Crippen LogP contribution in [0, 0.1) is 28.6 Å². The number of thiophene rings is 1. The highest BCUT2D eigenvalue weighted by atomic mass is 32.1. The fraction of sp³-hybridized carbons (Fsp3) is 0.520. The maximum Gasteiger partial charge on any atom is 0.120 e. The first-order valence-corrected chi connectivity index (χ1v) is 12.0. The summed E-state index contributed by atoms with van der Waals surface area (Å²) in [4.78, 5) is 6.16. The number of nitriles is 2. The van der Waals surface area contributed by atoms with Crippen molar-refractivity contribution in [2.45, 2.75) is 32.1 Å². The van der Waals surface area contributed by atoms with Crippen molar-refractivity contribution in [1.82, 2.24) is 9.80 Å². The molecule has 1 saturated heterocycles. The van der Waals surface area contributed by atoms with Gasteiger partial charge in [0.15, 0.2) is 0 Å². The van der Waals surface area contributed by atoms with Crippen molar-refractivity contribution in [3.63, 3.8) is 0 Å². The van der Waals surface area contributed by atoms with Crippen molar-refractivity contribution in [3.8, 4) is 17.9 Å². The van der Waals surface area contributed by atoms with Gasteiger partial charge in [-0.3, -0.25) is 4.90 Å². The van der Waals surface area contributed by atoms with Crippen LogP contribution in [0.25, 0.3) is 0 Å². The fourth-order valence-corrected chi connectivity index (χ4v) is 5.29. The molecule has 1 unspecified atom stereocenters. The molecule has 5 nitrogen and oxygen atoms in total. The Morgan fingerprint density at radius 1 is 1.06 bits per heavy atom. The van der Waals surface area contributed by atoms with Crippen LogP contribution in [0.2, 0.25) is 0 Å². The quantitative estimate of drug-likeness (QED) is 0.548. The minimum atomic E-state index is -0.365. The standard InChI is InChI=1S/C25H32N4OS/c1-21(2)25(20-27,24-8-4-17-31-24)9-5-10-28-11-13-29(14-12-28)15-16-30-23-7-3-6-22(18-23)19-26/h3-4,6-8,17-18,21H,5,9-16H2,1-2H3. The monoisotopic (exact) mass is 436 g/mol. The third kappa shape index (κ3) is 6.08. The number of hydrogen-bond acceptors (Lipinski definition) is 6. The minimum absolute atomic E-state index is 0.307. The van der Waals surface area contributed by atoms with Crippen molar-refractivity contribution >= 4 is 11.3 Å². The van der Waals surface area contributed by atoms with Gasteiger partial charge in [0.1, 0.15) is 12.4 Å². The molecule has 0 aliphatic carbocycles. The molecule has 1 aromatic heterocycles. The number of ether oxygens (including phenoxy) is 1. The Balaban J connectivity index is 1.38. The molecule has 1 aliphatic rings. The highest BCUT2D eigenvalue weighted by Crippen LogP contribution is 2.39. The predicted octanol–water partition coefficient (Wildman–Crippen LogP) is 4.51. The fourth-order valence-electron chi connectivity index (χ4n) is 4.23. The second-order valence-corrected chi connectivity index (χ2v) is 9.44. The third-order valence-corrected chi connectivity index (χ3v) is 7.34. The third-order valence-electron chi connectivity index (χ3n) is 6.30. The van der Waals surface area contributed by atoms with E-state index >= 15 is 0 Å². The van der Waals surface area contributed by atoms with Crippen LogP contribution in [0.3, 0.4) is 0 Å². The molecular weight excluding hydrogens is 404 g/mol. The van der Waals surface area contributed by atoms with Gasteiger partial charge in [-0.25, -0.2) is 0 Å². The zero-order chi connectivity index (χ0) is 22.1. The highest BCUT2D eigenvalue weighted by molar-refractivity contribution is 7.10. The zero-order valence-corrected chi connectivity index (χ0v) is 19.4. The zero-order valence-electron chi connectivity index (χ0n) is 18.6. The van der Waals surface area contributed by atoms with E-state index in [1.165, 1.54) is 4.88 Å². The molecule has 6 heteroatoms. The van der Waals surface area contributed by atoms with E-state index < -0.39 is 0 Å².